The quantitative estimate of drug-likeness (QED) is 0.0466. The van der Waals surface area contributed by atoms with E-state index in [9.17, 15) is 9.59 Å². The SMILES string of the molecule is CCCCCCCCCCCCCCCCCC(=O)OCC(COCCCCCCCCCCCCCCCC)OC(=O)CCCCCCC. The van der Waals surface area contributed by atoms with Crippen molar-refractivity contribution in [2.45, 2.75) is 258 Å². The Bertz CT molecular complexity index is 680. The van der Waals surface area contributed by atoms with E-state index in [4.69, 9.17) is 14.2 Å². The molecule has 0 rings (SSSR count). The van der Waals surface area contributed by atoms with Gasteiger partial charge in [0.05, 0.1) is 6.61 Å². The Labute approximate surface area is 312 Å². The Morgan fingerprint density at radius 2 is 0.660 bits per heavy atom. The summed E-state index contributed by atoms with van der Waals surface area (Å²) in [5, 5.41) is 0. The average molecular weight is 709 g/mol. The molecule has 5 heteroatoms. The number of hydrogen-bond acceptors (Lipinski definition) is 5. The van der Waals surface area contributed by atoms with E-state index in [0.717, 1.165) is 38.5 Å². The predicted molar refractivity (Wildman–Crippen MR) is 215 cm³/mol. The van der Waals surface area contributed by atoms with Crippen LogP contribution in [0.25, 0.3) is 0 Å². The smallest absolute Gasteiger partial charge is 0.306 e. The van der Waals surface area contributed by atoms with Gasteiger partial charge in [0.15, 0.2) is 6.10 Å². The zero-order valence-corrected chi connectivity index (χ0v) is 34.2. The molecule has 0 fully saturated rings. The molecule has 0 aliphatic heterocycles. The van der Waals surface area contributed by atoms with Crippen LogP contribution in [0.15, 0.2) is 0 Å². The molecule has 0 spiro atoms. The standard InChI is InChI=1S/C45H88O5/c1-4-7-10-13-15-17-19-21-23-24-26-28-30-33-35-38-44(46)49-42-43(50-45(47)39-36-32-12-9-6-3)41-48-40-37-34-31-29-27-25-22-20-18-16-14-11-8-5-2/h43H,4-42H2,1-3H3. The van der Waals surface area contributed by atoms with Crippen LogP contribution in [0.1, 0.15) is 252 Å². The Morgan fingerprint density at radius 1 is 0.360 bits per heavy atom. The van der Waals surface area contributed by atoms with E-state index in [1.54, 1.807) is 0 Å². The number of ether oxygens (including phenoxy) is 3. The normalized spacial score (nSPS) is 12.0. The van der Waals surface area contributed by atoms with Crippen molar-refractivity contribution in [3.63, 3.8) is 0 Å². The molecule has 50 heavy (non-hydrogen) atoms. The van der Waals surface area contributed by atoms with Crippen molar-refractivity contribution in [3.8, 4) is 0 Å². The highest BCUT2D eigenvalue weighted by atomic mass is 16.6. The lowest BCUT2D eigenvalue weighted by Gasteiger charge is -2.18. The lowest BCUT2D eigenvalue weighted by molar-refractivity contribution is -0.163. The van der Waals surface area contributed by atoms with Gasteiger partial charge in [-0.25, -0.2) is 0 Å². The second-order valence-electron chi connectivity index (χ2n) is 15.3. The molecule has 0 radical (unpaired) electrons. The fraction of sp³-hybridized carbons (Fsp3) is 0.956. The summed E-state index contributed by atoms with van der Waals surface area (Å²) in [5.74, 6) is -0.391. The van der Waals surface area contributed by atoms with E-state index < -0.39 is 6.10 Å². The van der Waals surface area contributed by atoms with Crippen LogP contribution in [-0.4, -0.2) is 37.9 Å². The summed E-state index contributed by atoms with van der Waals surface area (Å²) in [4.78, 5) is 25.0. The average Bonchev–Trinajstić information content (AvgIpc) is 3.11. The third-order valence-corrected chi connectivity index (χ3v) is 10.1. The van der Waals surface area contributed by atoms with Gasteiger partial charge >= 0.3 is 11.9 Å². The molecule has 0 N–H and O–H groups in total. The Balaban J connectivity index is 4.00. The summed E-state index contributed by atoms with van der Waals surface area (Å²) in [6, 6.07) is 0. The van der Waals surface area contributed by atoms with Crippen LogP contribution in [0.5, 0.6) is 0 Å². The number of esters is 2. The molecule has 0 amide bonds. The van der Waals surface area contributed by atoms with E-state index in [0.29, 0.717) is 26.1 Å². The summed E-state index contributed by atoms with van der Waals surface area (Å²) in [7, 11) is 0. The van der Waals surface area contributed by atoms with E-state index in [2.05, 4.69) is 20.8 Å². The lowest BCUT2D eigenvalue weighted by atomic mass is 10.0. The predicted octanol–water partition coefficient (Wildman–Crippen LogP) is 14.6. The number of carbonyl (C=O) groups is 2. The third-order valence-electron chi connectivity index (χ3n) is 10.1. The number of hydrogen-bond donors (Lipinski definition) is 0. The minimum Gasteiger partial charge on any atom is -0.462 e. The molecule has 0 aromatic rings. The number of carbonyl (C=O) groups excluding carboxylic acids is 2. The van der Waals surface area contributed by atoms with Crippen LogP contribution in [0.2, 0.25) is 0 Å². The minimum absolute atomic E-state index is 0.0951. The molecule has 0 bridgehead atoms. The molecular formula is C45H88O5. The van der Waals surface area contributed by atoms with E-state index in [-0.39, 0.29) is 18.5 Å². The second-order valence-corrected chi connectivity index (χ2v) is 15.3. The molecule has 0 aliphatic carbocycles. The zero-order valence-electron chi connectivity index (χ0n) is 34.2. The maximum atomic E-state index is 12.5. The van der Waals surface area contributed by atoms with Crippen LogP contribution >= 0.6 is 0 Å². The first-order chi connectivity index (χ1) is 24.6. The summed E-state index contributed by atoms with van der Waals surface area (Å²) < 4.78 is 17.2. The molecule has 0 aliphatic rings. The number of rotatable bonds is 42. The highest BCUT2D eigenvalue weighted by Gasteiger charge is 2.17. The van der Waals surface area contributed by atoms with E-state index >= 15 is 0 Å². The van der Waals surface area contributed by atoms with E-state index in [1.807, 2.05) is 0 Å². The molecule has 5 nitrogen and oxygen atoms in total. The van der Waals surface area contributed by atoms with Gasteiger partial charge < -0.3 is 14.2 Å². The maximum Gasteiger partial charge on any atom is 0.306 e. The summed E-state index contributed by atoms with van der Waals surface area (Å²) >= 11 is 0. The molecule has 0 aromatic heterocycles. The first-order valence-corrected chi connectivity index (χ1v) is 22.6. The molecule has 298 valence electrons. The van der Waals surface area contributed by atoms with Crippen molar-refractivity contribution < 1.29 is 23.8 Å². The fourth-order valence-electron chi connectivity index (χ4n) is 6.75. The van der Waals surface area contributed by atoms with Crippen LogP contribution in [0.4, 0.5) is 0 Å². The zero-order chi connectivity index (χ0) is 36.4. The van der Waals surface area contributed by atoms with Crippen molar-refractivity contribution >= 4 is 11.9 Å². The van der Waals surface area contributed by atoms with Crippen LogP contribution in [0.3, 0.4) is 0 Å². The van der Waals surface area contributed by atoms with Crippen molar-refractivity contribution in [2.75, 3.05) is 19.8 Å². The van der Waals surface area contributed by atoms with E-state index in [1.165, 1.54) is 180 Å². The fourth-order valence-corrected chi connectivity index (χ4v) is 6.75. The Morgan fingerprint density at radius 3 is 1.02 bits per heavy atom. The van der Waals surface area contributed by atoms with Crippen LogP contribution < -0.4 is 0 Å². The van der Waals surface area contributed by atoms with Gasteiger partial charge in [-0.05, 0) is 19.3 Å². The first kappa shape index (κ1) is 48.9. The molecule has 1 atom stereocenters. The summed E-state index contributed by atoms with van der Waals surface area (Å²) in [6.07, 6.45) is 44.1. The molecule has 1 unspecified atom stereocenters. The third kappa shape index (κ3) is 39.7. The summed E-state index contributed by atoms with van der Waals surface area (Å²) in [6.45, 7) is 7.81. The minimum atomic E-state index is -0.519. The van der Waals surface area contributed by atoms with Gasteiger partial charge in [0, 0.05) is 19.4 Å². The first-order valence-electron chi connectivity index (χ1n) is 22.6. The molecule has 0 heterocycles. The summed E-state index contributed by atoms with van der Waals surface area (Å²) in [5.41, 5.74) is 0. The second kappa shape index (κ2) is 42.3. The molecule has 0 aromatic carbocycles. The van der Waals surface area contributed by atoms with Gasteiger partial charge in [-0.3, -0.25) is 9.59 Å². The van der Waals surface area contributed by atoms with Crippen molar-refractivity contribution in [3.05, 3.63) is 0 Å². The van der Waals surface area contributed by atoms with Gasteiger partial charge in [-0.15, -0.1) is 0 Å². The number of unbranched alkanes of at least 4 members (excludes halogenated alkanes) is 31. The molecule has 0 saturated heterocycles. The van der Waals surface area contributed by atoms with Crippen LogP contribution in [-0.2, 0) is 23.8 Å². The highest BCUT2D eigenvalue weighted by molar-refractivity contribution is 5.70. The Kier molecular flexibility index (Phi) is 41.4. The van der Waals surface area contributed by atoms with Gasteiger partial charge in [0.2, 0.25) is 0 Å². The van der Waals surface area contributed by atoms with Gasteiger partial charge in [0.1, 0.15) is 6.61 Å². The van der Waals surface area contributed by atoms with Gasteiger partial charge in [0.25, 0.3) is 0 Å². The van der Waals surface area contributed by atoms with Crippen molar-refractivity contribution in [1.82, 2.24) is 0 Å². The van der Waals surface area contributed by atoms with Crippen LogP contribution in [0, 0.1) is 0 Å². The van der Waals surface area contributed by atoms with Gasteiger partial charge in [-0.1, -0.05) is 220 Å². The molecular weight excluding hydrogens is 620 g/mol. The maximum absolute atomic E-state index is 12.5. The molecule has 0 saturated carbocycles. The largest absolute Gasteiger partial charge is 0.462 e. The highest BCUT2D eigenvalue weighted by Crippen LogP contribution is 2.15. The lowest BCUT2D eigenvalue weighted by Crippen LogP contribution is -2.30. The Hall–Kier alpha value is -1.10. The van der Waals surface area contributed by atoms with Gasteiger partial charge in [-0.2, -0.15) is 0 Å². The topological polar surface area (TPSA) is 61.8 Å². The van der Waals surface area contributed by atoms with Crippen molar-refractivity contribution in [2.24, 2.45) is 0 Å². The van der Waals surface area contributed by atoms with Crippen molar-refractivity contribution in [1.29, 1.82) is 0 Å². The monoisotopic (exact) mass is 709 g/mol.